The van der Waals surface area contributed by atoms with Crippen molar-refractivity contribution in [3.63, 3.8) is 0 Å². The summed E-state index contributed by atoms with van der Waals surface area (Å²) in [6.45, 7) is 16.3. The van der Waals surface area contributed by atoms with Gasteiger partial charge in [-0.3, -0.25) is 9.69 Å². The molecule has 4 aliphatic rings. The highest BCUT2D eigenvalue weighted by atomic mass is 16.5. The van der Waals surface area contributed by atoms with Gasteiger partial charge in [0.2, 0.25) is 0 Å². The smallest absolute Gasteiger partial charge is 0.195 e. The molecule has 1 aromatic carbocycles. The van der Waals surface area contributed by atoms with Crippen LogP contribution in [0.25, 0.3) is 10.9 Å². The summed E-state index contributed by atoms with van der Waals surface area (Å²) in [6, 6.07) is 8.26. The van der Waals surface area contributed by atoms with Crippen LogP contribution in [-0.4, -0.2) is 66.0 Å². The highest BCUT2D eigenvalue weighted by Crippen LogP contribution is 2.44. The van der Waals surface area contributed by atoms with E-state index in [0.29, 0.717) is 28.7 Å². The lowest BCUT2D eigenvalue weighted by molar-refractivity contribution is -0.0745. The van der Waals surface area contributed by atoms with Crippen LogP contribution in [0.1, 0.15) is 68.1 Å². The number of benzene rings is 1. The van der Waals surface area contributed by atoms with Gasteiger partial charge in [0.1, 0.15) is 0 Å². The fourth-order valence-electron chi connectivity index (χ4n) is 6.52. The first-order valence-corrected chi connectivity index (χ1v) is 14.6. The van der Waals surface area contributed by atoms with E-state index in [1.165, 1.54) is 12.8 Å². The number of aromatic amines is 1. The summed E-state index contributed by atoms with van der Waals surface area (Å²) < 4.78 is 5.41. The van der Waals surface area contributed by atoms with E-state index in [4.69, 9.17) is 4.74 Å². The third-order valence-corrected chi connectivity index (χ3v) is 9.56. The average molecular weight is 535 g/mol. The molecule has 3 heterocycles. The molecule has 2 aliphatic carbocycles. The third-order valence-electron chi connectivity index (χ3n) is 9.56. The summed E-state index contributed by atoms with van der Waals surface area (Å²) in [7, 11) is 0. The van der Waals surface area contributed by atoms with Crippen LogP contribution in [0.2, 0.25) is 0 Å². The zero-order valence-electron chi connectivity index (χ0n) is 23.9. The Labute approximate surface area is 237 Å². The van der Waals surface area contributed by atoms with E-state index in [-0.39, 0.29) is 11.2 Å². The third kappa shape index (κ3) is 4.60. The van der Waals surface area contributed by atoms with Crippen molar-refractivity contribution in [3.05, 3.63) is 70.1 Å². The second-order valence-corrected chi connectivity index (χ2v) is 12.2. The lowest BCUT2D eigenvalue weighted by Gasteiger charge is -2.43. The van der Waals surface area contributed by atoms with Gasteiger partial charge in [0.15, 0.2) is 5.78 Å². The van der Waals surface area contributed by atoms with Crippen LogP contribution in [0, 0.1) is 29.1 Å². The maximum atomic E-state index is 14.2. The summed E-state index contributed by atoms with van der Waals surface area (Å²) in [5.74, 6) is 7.46. The van der Waals surface area contributed by atoms with Gasteiger partial charge in [-0.2, -0.15) is 5.26 Å². The second kappa shape index (κ2) is 10.4. The Morgan fingerprint density at radius 3 is 2.55 bits per heavy atom. The minimum atomic E-state index is -0.386. The van der Waals surface area contributed by atoms with Crippen LogP contribution in [0.5, 0.6) is 0 Å². The molecule has 0 amide bonds. The quantitative estimate of drug-likeness (QED) is 0.415. The van der Waals surface area contributed by atoms with Crippen molar-refractivity contribution in [3.8, 4) is 17.9 Å². The van der Waals surface area contributed by atoms with E-state index in [9.17, 15) is 10.1 Å². The Morgan fingerprint density at radius 2 is 1.90 bits per heavy atom. The van der Waals surface area contributed by atoms with Gasteiger partial charge in [0, 0.05) is 71.0 Å². The Bertz CT molecular complexity index is 1540. The highest BCUT2D eigenvalue weighted by Gasteiger charge is 2.39. The van der Waals surface area contributed by atoms with E-state index >= 15 is 0 Å². The predicted molar refractivity (Wildman–Crippen MR) is 158 cm³/mol. The molecular formula is C34H38N4O2. The molecule has 1 saturated carbocycles. The summed E-state index contributed by atoms with van der Waals surface area (Å²) in [6.07, 6.45) is 6.78. The molecule has 0 bridgehead atoms. The van der Waals surface area contributed by atoms with Crippen molar-refractivity contribution in [1.82, 2.24) is 14.8 Å². The first-order chi connectivity index (χ1) is 19.3. The SMILES string of the molecule is C=C(/C(C#CC1CCCC1)=C\C1=C(C)C(C)(C)c2[nH]c3cc(C#N)ccc3c2C1=O)N1CCN(C2COC2)CC1. The molecular weight excluding hydrogens is 496 g/mol. The Morgan fingerprint density at radius 1 is 1.18 bits per heavy atom. The van der Waals surface area contributed by atoms with E-state index in [1.54, 1.807) is 6.07 Å². The number of fused-ring (bicyclic) bond motifs is 3. The number of ether oxygens (including phenoxy) is 1. The first kappa shape index (κ1) is 26.6. The van der Waals surface area contributed by atoms with Crippen LogP contribution in [0.4, 0.5) is 0 Å². The normalized spacial score (nSPS) is 22.1. The Balaban J connectivity index is 1.37. The molecule has 206 valence electrons. The van der Waals surface area contributed by atoms with E-state index < -0.39 is 0 Å². The van der Waals surface area contributed by atoms with Crippen molar-refractivity contribution < 1.29 is 9.53 Å². The number of piperazine rings is 1. The van der Waals surface area contributed by atoms with Gasteiger partial charge in [-0.05, 0) is 38.0 Å². The first-order valence-electron chi connectivity index (χ1n) is 14.6. The fourth-order valence-corrected chi connectivity index (χ4v) is 6.52. The van der Waals surface area contributed by atoms with Crippen molar-refractivity contribution in [1.29, 1.82) is 5.26 Å². The summed E-state index contributed by atoms with van der Waals surface area (Å²) >= 11 is 0. The number of nitrogens with zero attached hydrogens (tertiary/aromatic N) is 3. The maximum Gasteiger partial charge on any atom is 0.195 e. The molecule has 40 heavy (non-hydrogen) atoms. The number of nitrogens with one attached hydrogen (secondary N) is 1. The topological polar surface area (TPSA) is 72.4 Å². The molecule has 0 atom stereocenters. The number of hydrogen-bond acceptors (Lipinski definition) is 5. The van der Waals surface area contributed by atoms with E-state index in [1.807, 2.05) is 18.2 Å². The van der Waals surface area contributed by atoms with Crippen molar-refractivity contribution >= 4 is 16.7 Å². The summed E-state index contributed by atoms with van der Waals surface area (Å²) in [5, 5.41) is 10.3. The number of carbonyl (C=O) groups is 1. The minimum absolute atomic E-state index is 0.00514. The number of aromatic nitrogens is 1. The molecule has 2 saturated heterocycles. The lowest BCUT2D eigenvalue weighted by Crippen LogP contribution is -2.56. The number of hydrogen-bond donors (Lipinski definition) is 1. The number of Topliss-reactive ketones (excluding diaryl/α,β-unsaturated/α-hetero) is 1. The predicted octanol–water partition coefficient (Wildman–Crippen LogP) is 5.48. The number of H-pyrrole nitrogens is 1. The Kier molecular flexibility index (Phi) is 6.95. The molecule has 6 rings (SSSR count). The van der Waals surface area contributed by atoms with Gasteiger partial charge in [0.25, 0.3) is 0 Å². The van der Waals surface area contributed by atoms with Gasteiger partial charge in [-0.25, -0.2) is 0 Å². The summed E-state index contributed by atoms with van der Waals surface area (Å²) in [4.78, 5) is 22.5. The van der Waals surface area contributed by atoms with Gasteiger partial charge in [-0.1, -0.05) is 56.7 Å². The molecule has 1 aromatic heterocycles. The molecule has 0 unspecified atom stereocenters. The standard InChI is InChI=1S/C34H38N4O2/c1-22-29(32(39)31-28-12-10-25(19-35)17-30(28)36-33(31)34(22,3)4)18-26(11-9-24-7-5-6-8-24)23(2)37-13-15-38(16-14-37)27-20-40-21-27/h10,12,17-18,24,27,36H,2,5-8,13-16,20-21H2,1,3-4H3/b26-18-. The molecule has 1 N–H and O–H groups in total. The van der Waals surface area contributed by atoms with Crippen LogP contribution < -0.4 is 0 Å². The van der Waals surface area contributed by atoms with Crippen LogP contribution in [-0.2, 0) is 10.2 Å². The zero-order chi connectivity index (χ0) is 28.0. The van der Waals surface area contributed by atoms with E-state index in [0.717, 1.165) is 85.7 Å². The van der Waals surface area contributed by atoms with Crippen LogP contribution in [0.15, 0.2) is 53.3 Å². The number of allylic oxidation sites excluding steroid dienone is 4. The molecule has 2 aliphatic heterocycles. The minimum Gasteiger partial charge on any atom is -0.378 e. The van der Waals surface area contributed by atoms with Gasteiger partial charge in [-0.15, -0.1) is 0 Å². The van der Waals surface area contributed by atoms with Crippen LogP contribution in [0.3, 0.4) is 0 Å². The number of nitriles is 1. The maximum absolute atomic E-state index is 14.2. The highest BCUT2D eigenvalue weighted by molar-refractivity contribution is 6.20. The Hall–Kier alpha value is -3.58. The monoisotopic (exact) mass is 534 g/mol. The van der Waals surface area contributed by atoms with Gasteiger partial charge >= 0.3 is 0 Å². The average Bonchev–Trinajstić information content (AvgIpc) is 3.59. The lowest BCUT2D eigenvalue weighted by atomic mass is 9.71. The molecule has 6 heteroatoms. The van der Waals surface area contributed by atoms with Gasteiger partial charge in [0.05, 0.1) is 36.5 Å². The van der Waals surface area contributed by atoms with Crippen molar-refractivity contribution in [2.45, 2.75) is 57.9 Å². The number of rotatable bonds is 4. The van der Waals surface area contributed by atoms with E-state index in [2.05, 4.69) is 60.0 Å². The number of ketones is 1. The molecule has 3 fully saturated rings. The molecule has 6 nitrogen and oxygen atoms in total. The fraction of sp³-hybridized carbons (Fsp3) is 0.471. The second-order valence-electron chi connectivity index (χ2n) is 12.2. The largest absolute Gasteiger partial charge is 0.378 e. The van der Waals surface area contributed by atoms with Gasteiger partial charge < -0.3 is 14.6 Å². The van der Waals surface area contributed by atoms with Crippen molar-refractivity contribution in [2.75, 3.05) is 39.4 Å². The molecule has 0 radical (unpaired) electrons. The molecule has 0 spiro atoms. The zero-order valence-corrected chi connectivity index (χ0v) is 23.9. The summed E-state index contributed by atoms with van der Waals surface area (Å²) in [5.41, 5.74) is 6.09. The molecule has 2 aromatic rings. The van der Waals surface area contributed by atoms with Crippen LogP contribution >= 0.6 is 0 Å². The number of carbonyl (C=O) groups excluding carboxylic acids is 1. The van der Waals surface area contributed by atoms with Crippen molar-refractivity contribution in [2.24, 2.45) is 5.92 Å².